The highest BCUT2D eigenvalue weighted by Crippen LogP contribution is 2.36. The van der Waals surface area contributed by atoms with Crippen LogP contribution in [0.15, 0.2) is 71.6 Å². The van der Waals surface area contributed by atoms with E-state index in [4.69, 9.17) is 26.2 Å². The summed E-state index contributed by atoms with van der Waals surface area (Å²) in [6, 6.07) is 18.0. The van der Waals surface area contributed by atoms with Crippen molar-refractivity contribution < 1.29 is 27.8 Å². The fraction of sp³-hybridized carbons (Fsp3) is 0.208. The summed E-state index contributed by atoms with van der Waals surface area (Å²) < 4.78 is 40.0. The highest BCUT2D eigenvalue weighted by Gasteiger charge is 2.27. The van der Waals surface area contributed by atoms with E-state index in [9.17, 15) is 13.2 Å². The number of nitrogens with one attached hydrogen (secondary N) is 1. The Morgan fingerprint density at radius 3 is 2.48 bits per heavy atom. The van der Waals surface area contributed by atoms with Crippen LogP contribution in [0, 0.1) is 0 Å². The molecule has 33 heavy (non-hydrogen) atoms. The fourth-order valence-electron chi connectivity index (χ4n) is 3.81. The van der Waals surface area contributed by atoms with E-state index in [0.29, 0.717) is 35.1 Å². The minimum atomic E-state index is -3.81. The molecule has 0 aromatic heterocycles. The zero-order chi connectivity index (χ0) is 23.4. The van der Waals surface area contributed by atoms with Gasteiger partial charge in [-0.15, -0.1) is 0 Å². The number of aliphatic carboxylic acids is 1. The standard InChI is InChI=1S/C24H22ClNO6S/c25-20-7-1-2-9-23(20)32-16-11-13-17(14-12-16)33(29,30)26-21-8-3-6-19-18(21)5-4-10-22(19)31-15-24(27)28/h1-2,4-5,7,9-14,21,26H,3,6,8,15H2,(H,27,28)/t21-/m1/s1. The number of carboxylic acid groups (broad SMARTS) is 1. The van der Waals surface area contributed by atoms with Gasteiger partial charge in [0.2, 0.25) is 10.0 Å². The van der Waals surface area contributed by atoms with Crippen molar-refractivity contribution in [2.45, 2.75) is 30.2 Å². The lowest BCUT2D eigenvalue weighted by atomic mass is 9.87. The quantitative estimate of drug-likeness (QED) is 0.466. The van der Waals surface area contributed by atoms with Crippen molar-refractivity contribution >= 4 is 27.6 Å². The largest absolute Gasteiger partial charge is 0.482 e. The lowest BCUT2D eigenvalue weighted by Crippen LogP contribution is -2.31. The summed E-state index contributed by atoms with van der Waals surface area (Å²) in [4.78, 5) is 11.0. The third-order valence-corrected chi connectivity index (χ3v) is 7.11. The van der Waals surface area contributed by atoms with Crippen LogP contribution in [0.5, 0.6) is 17.2 Å². The second-order valence-electron chi connectivity index (χ2n) is 7.58. The van der Waals surface area contributed by atoms with Gasteiger partial charge in [0.1, 0.15) is 17.2 Å². The molecule has 0 bridgehead atoms. The van der Waals surface area contributed by atoms with Crippen molar-refractivity contribution in [3.63, 3.8) is 0 Å². The number of hydrogen-bond acceptors (Lipinski definition) is 5. The van der Waals surface area contributed by atoms with Gasteiger partial charge in [0.25, 0.3) is 0 Å². The molecule has 3 aromatic carbocycles. The van der Waals surface area contributed by atoms with Crippen molar-refractivity contribution in [1.29, 1.82) is 0 Å². The molecule has 9 heteroatoms. The molecule has 7 nitrogen and oxygen atoms in total. The molecule has 0 fully saturated rings. The van der Waals surface area contributed by atoms with Gasteiger partial charge in [-0.25, -0.2) is 17.9 Å². The van der Waals surface area contributed by atoms with Gasteiger partial charge in [0.15, 0.2) is 6.61 Å². The van der Waals surface area contributed by atoms with Gasteiger partial charge in [-0.2, -0.15) is 0 Å². The normalized spacial score (nSPS) is 15.5. The van der Waals surface area contributed by atoms with Gasteiger partial charge in [-0.05, 0) is 72.9 Å². The van der Waals surface area contributed by atoms with Crippen molar-refractivity contribution in [2.75, 3.05) is 6.61 Å². The summed E-state index contributed by atoms with van der Waals surface area (Å²) in [5, 5.41) is 9.35. The van der Waals surface area contributed by atoms with Crippen LogP contribution >= 0.6 is 11.6 Å². The van der Waals surface area contributed by atoms with Crippen LogP contribution in [0.1, 0.15) is 30.0 Å². The number of carbonyl (C=O) groups is 1. The van der Waals surface area contributed by atoms with E-state index in [1.807, 2.05) is 6.07 Å². The lowest BCUT2D eigenvalue weighted by Gasteiger charge is -2.27. The van der Waals surface area contributed by atoms with Gasteiger partial charge in [-0.1, -0.05) is 35.9 Å². The van der Waals surface area contributed by atoms with Crippen LogP contribution in [0.2, 0.25) is 5.02 Å². The average molecular weight is 488 g/mol. The molecule has 0 amide bonds. The van der Waals surface area contributed by atoms with E-state index >= 15 is 0 Å². The Kier molecular flexibility index (Phi) is 6.88. The Balaban J connectivity index is 1.51. The first kappa shape index (κ1) is 23.1. The Morgan fingerprint density at radius 1 is 1.03 bits per heavy atom. The Bertz CT molecular complexity index is 1260. The lowest BCUT2D eigenvalue weighted by molar-refractivity contribution is -0.139. The summed E-state index contributed by atoms with van der Waals surface area (Å²) in [6.45, 7) is -0.449. The molecule has 0 unspecified atom stereocenters. The van der Waals surface area contributed by atoms with Crippen molar-refractivity contribution in [1.82, 2.24) is 4.72 Å². The number of carboxylic acids is 1. The SMILES string of the molecule is O=C(O)COc1cccc2c1CCC[C@H]2NS(=O)(=O)c1ccc(Oc2ccccc2Cl)cc1. The third kappa shape index (κ3) is 5.47. The number of rotatable bonds is 8. The zero-order valence-corrected chi connectivity index (χ0v) is 19.1. The molecule has 0 saturated carbocycles. The second-order valence-corrected chi connectivity index (χ2v) is 9.70. The van der Waals surface area contributed by atoms with Crippen LogP contribution in [-0.2, 0) is 21.2 Å². The van der Waals surface area contributed by atoms with Crippen LogP contribution in [0.3, 0.4) is 0 Å². The van der Waals surface area contributed by atoms with Crippen LogP contribution in [0.4, 0.5) is 0 Å². The van der Waals surface area contributed by atoms with Crippen molar-refractivity contribution in [2.24, 2.45) is 0 Å². The molecule has 2 N–H and O–H groups in total. The minimum Gasteiger partial charge on any atom is -0.482 e. The van der Waals surface area contributed by atoms with Gasteiger partial charge in [-0.3, -0.25) is 0 Å². The van der Waals surface area contributed by atoms with Gasteiger partial charge >= 0.3 is 5.97 Å². The number of para-hydroxylation sites is 1. The molecular weight excluding hydrogens is 466 g/mol. The Labute approximate surface area is 197 Å². The maximum absolute atomic E-state index is 13.1. The molecule has 1 atom stereocenters. The third-order valence-electron chi connectivity index (χ3n) is 5.31. The molecule has 3 aromatic rings. The maximum Gasteiger partial charge on any atom is 0.341 e. The number of sulfonamides is 1. The molecule has 0 saturated heterocycles. The van der Waals surface area contributed by atoms with Crippen LogP contribution in [-0.4, -0.2) is 26.1 Å². The molecule has 0 aliphatic heterocycles. The maximum atomic E-state index is 13.1. The predicted molar refractivity (Wildman–Crippen MR) is 124 cm³/mol. The van der Waals surface area contributed by atoms with Crippen molar-refractivity contribution in [3.05, 3.63) is 82.9 Å². The molecule has 0 spiro atoms. The zero-order valence-electron chi connectivity index (χ0n) is 17.5. The molecule has 0 radical (unpaired) electrons. The number of ether oxygens (including phenoxy) is 2. The molecule has 0 heterocycles. The highest BCUT2D eigenvalue weighted by atomic mass is 35.5. The number of halogens is 1. The van der Waals surface area contributed by atoms with Crippen LogP contribution in [0.25, 0.3) is 0 Å². The monoisotopic (exact) mass is 487 g/mol. The topological polar surface area (TPSA) is 102 Å². The second kappa shape index (κ2) is 9.82. The summed E-state index contributed by atoms with van der Waals surface area (Å²) in [5.74, 6) is 0.348. The van der Waals surface area contributed by atoms with E-state index < -0.39 is 28.6 Å². The molecular formula is C24H22ClNO6S. The first-order valence-electron chi connectivity index (χ1n) is 10.3. The summed E-state index contributed by atoms with van der Waals surface area (Å²) in [5.41, 5.74) is 1.63. The fourth-order valence-corrected chi connectivity index (χ4v) is 5.23. The smallest absolute Gasteiger partial charge is 0.341 e. The van der Waals surface area contributed by atoms with Gasteiger partial charge in [0, 0.05) is 6.04 Å². The predicted octanol–water partition coefficient (Wildman–Crippen LogP) is 4.95. The van der Waals surface area contributed by atoms with Gasteiger partial charge in [0.05, 0.1) is 9.92 Å². The Hall–Kier alpha value is -3.07. The van der Waals surface area contributed by atoms with E-state index in [2.05, 4.69) is 4.72 Å². The van der Waals surface area contributed by atoms with E-state index in [0.717, 1.165) is 17.5 Å². The van der Waals surface area contributed by atoms with E-state index in [1.54, 1.807) is 48.5 Å². The first-order chi connectivity index (χ1) is 15.8. The average Bonchev–Trinajstić information content (AvgIpc) is 2.79. The summed E-state index contributed by atoms with van der Waals surface area (Å²) in [7, 11) is -3.81. The van der Waals surface area contributed by atoms with Gasteiger partial charge < -0.3 is 14.6 Å². The minimum absolute atomic E-state index is 0.111. The number of hydrogen-bond donors (Lipinski definition) is 2. The van der Waals surface area contributed by atoms with Crippen molar-refractivity contribution in [3.8, 4) is 17.2 Å². The molecule has 4 rings (SSSR count). The van der Waals surface area contributed by atoms with E-state index in [-0.39, 0.29) is 4.90 Å². The Morgan fingerprint density at radius 2 is 1.76 bits per heavy atom. The molecule has 172 valence electrons. The summed E-state index contributed by atoms with van der Waals surface area (Å²) >= 11 is 6.11. The first-order valence-corrected chi connectivity index (χ1v) is 12.2. The van der Waals surface area contributed by atoms with E-state index in [1.165, 1.54) is 12.1 Å². The summed E-state index contributed by atoms with van der Waals surface area (Å²) in [6.07, 6.45) is 2.07. The number of fused-ring (bicyclic) bond motifs is 1. The molecule has 1 aliphatic rings. The van der Waals surface area contributed by atoms with Crippen LogP contribution < -0.4 is 14.2 Å². The molecule has 1 aliphatic carbocycles. The highest BCUT2D eigenvalue weighted by molar-refractivity contribution is 7.89. The number of benzene rings is 3.